The zero-order chi connectivity index (χ0) is 25.6. The minimum atomic E-state index is -0.0153. The van der Waals surface area contributed by atoms with Gasteiger partial charge in [0.25, 0.3) is 0 Å². The first-order chi connectivity index (χ1) is 16.5. The van der Waals surface area contributed by atoms with Crippen molar-refractivity contribution in [3.63, 3.8) is 0 Å². The van der Waals surface area contributed by atoms with Crippen molar-refractivity contribution in [1.29, 1.82) is 0 Å². The maximum atomic E-state index is 11.6. The topological polar surface area (TPSA) is 123 Å². The molecule has 8 nitrogen and oxygen atoms in total. The Kier molecular flexibility index (Phi) is 8.77. The number of amidine groups is 1. The summed E-state index contributed by atoms with van der Waals surface area (Å²) >= 11 is 1.45. The third-order valence-electron chi connectivity index (χ3n) is 6.01. The summed E-state index contributed by atoms with van der Waals surface area (Å²) < 4.78 is 0. The lowest BCUT2D eigenvalue weighted by atomic mass is 9.75. The van der Waals surface area contributed by atoms with Crippen LogP contribution in [0.2, 0.25) is 0 Å². The second-order valence-electron chi connectivity index (χ2n) is 9.95. The van der Waals surface area contributed by atoms with Crippen molar-refractivity contribution < 1.29 is 4.79 Å². The van der Waals surface area contributed by atoms with Gasteiger partial charge in [0.15, 0.2) is 11.0 Å². The molecule has 0 aliphatic carbocycles. The summed E-state index contributed by atoms with van der Waals surface area (Å²) in [5, 5.41) is 3.45. The Morgan fingerprint density at radius 1 is 1.20 bits per heavy atom. The zero-order valence-corrected chi connectivity index (χ0v) is 22.2. The third kappa shape index (κ3) is 7.99. The van der Waals surface area contributed by atoms with Crippen molar-refractivity contribution in [3.05, 3.63) is 42.1 Å². The first kappa shape index (κ1) is 26.5. The van der Waals surface area contributed by atoms with Crippen LogP contribution < -0.4 is 21.7 Å². The van der Waals surface area contributed by atoms with E-state index in [1.807, 2.05) is 37.3 Å². The number of nitrogens with zero attached hydrogens (tertiary/aromatic N) is 4. The number of hydrogen-bond donors (Lipinski definition) is 3. The van der Waals surface area contributed by atoms with E-state index in [-0.39, 0.29) is 5.91 Å². The Balaban J connectivity index is 1.86. The lowest BCUT2D eigenvalue weighted by Gasteiger charge is -2.39. The van der Waals surface area contributed by atoms with Crippen molar-refractivity contribution in [2.75, 3.05) is 23.3 Å². The zero-order valence-electron chi connectivity index (χ0n) is 21.3. The van der Waals surface area contributed by atoms with E-state index in [4.69, 9.17) is 16.5 Å². The van der Waals surface area contributed by atoms with Crippen LogP contribution in [0.1, 0.15) is 53.9 Å². The fourth-order valence-corrected chi connectivity index (χ4v) is 4.76. The van der Waals surface area contributed by atoms with E-state index in [1.165, 1.54) is 11.8 Å². The van der Waals surface area contributed by atoms with Crippen LogP contribution in [0.3, 0.4) is 0 Å². The second-order valence-corrected chi connectivity index (χ2v) is 11.0. The van der Waals surface area contributed by atoms with Gasteiger partial charge in [0, 0.05) is 41.9 Å². The van der Waals surface area contributed by atoms with E-state index >= 15 is 0 Å². The number of benzene rings is 1. The number of carbonyl (C=O) groups excluding carboxylic acids is 1. The molecule has 0 spiro atoms. The average Bonchev–Trinajstić information content (AvgIpc) is 2.79. The molecule has 2 heterocycles. The number of carbonyl (C=O) groups is 1. The molecule has 2 aromatic rings. The van der Waals surface area contributed by atoms with Gasteiger partial charge in [-0.25, -0.2) is 15.0 Å². The van der Waals surface area contributed by atoms with Crippen molar-refractivity contribution >= 4 is 40.8 Å². The summed E-state index contributed by atoms with van der Waals surface area (Å²) in [5.41, 5.74) is 13.4. The molecular weight excluding hydrogens is 458 g/mol. The molecule has 5 N–H and O–H groups in total. The number of rotatable bonds is 7. The molecule has 1 aliphatic rings. The molecule has 0 saturated carbocycles. The number of nitrogens with one attached hydrogen (secondary N) is 1. The van der Waals surface area contributed by atoms with Crippen molar-refractivity contribution in [1.82, 2.24) is 9.97 Å². The molecule has 0 radical (unpaired) electrons. The molecule has 0 atom stereocenters. The predicted octanol–water partition coefficient (Wildman–Crippen LogP) is 5.09. The molecule has 188 valence electrons. The minimum absolute atomic E-state index is 0.0153. The fraction of sp³-hybridized carbons (Fsp3) is 0.462. The van der Waals surface area contributed by atoms with Gasteiger partial charge in [0.2, 0.25) is 5.91 Å². The molecule has 0 unspecified atom stereocenters. The van der Waals surface area contributed by atoms with Gasteiger partial charge >= 0.3 is 0 Å². The van der Waals surface area contributed by atoms with Crippen molar-refractivity contribution in [2.45, 2.75) is 63.9 Å². The monoisotopic (exact) mass is 495 g/mol. The van der Waals surface area contributed by atoms with E-state index in [0.717, 1.165) is 42.3 Å². The quantitative estimate of drug-likeness (QED) is 0.278. The lowest BCUT2D eigenvalue weighted by Crippen LogP contribution is -2.38. The standard InChI is InChI=1S/C26H37N7OS/c1-6-24(34)29-19-7-9-20(10-8-19)35-25-31-22(30-21(28)15-17(2)27)16-23(32-25)33-13-11-18(12-14-33)26(3,4)5/h7-10,15-16,18H,6,11-14,27H2,1-5H3,(H,29,34)(H2,28,30,31,32). The molecule has 35 heavy (non-hydrogen) atoms. The van der Waals surface area contributed by atoms with Crippen LogP contribution in [0.15, 0.2) is 57.1 Å². The van der Waals surface area contributed by atoms with Crippen molar-refractivity contribution in [2.24, 2.45) is 27.8 Å². The van der Waals surface area contributed by atoms with E-state index in [1.54, 1.807) is 13.0 Å². The minimum Gasteiger partial charge on any atom is -0.402 e. The number of nitrogens with two attached hydrogens (primary N) is 2. The highest BCUT2D eigenvalue weighted by atomic mass is 32.2. The summed E-state index contributed by atoms with van der Waals surface area (Å²) in [5.74, 6) is 2.32. The smallest absolute Gasteiger partial charge is 0.224 e. The maximum Gasteiger partial charge on any atom is 0.224 e. The van der Waals surface area contributed by atoms with Crippen LogP contribution in [0, 0.1) is 11.3 Å². The van der Waals surface area contributed by atoms with Gasteiger partial charge in [-0.2, -0.15) is 0 Å². The van der Waals surface area contributed by atoms with E-state index in [2.05, 4.69) is 41.0 Å². The molecule has 9 heteroatoms. The average molecular weight is 496 g/mol. The van der Waals surface area contributed by atoms with Crippen LogP contribution in [-0.4, -0.2) is 34.8 Å². The molecule has 1 fully saturated rings. The Morgan fingerprint density at radius 2 is 1.86 bits per heavy atom. The molecule has 1 aliphatic heterocycles. The number of piperidine rings is 1. The van der Waals surface area contributed by atoms with Crippen LogP contribution >= 0.6 is 11.8 Å². The molecule has 1 amide bonds. The highest BCUT2D eigenvalue weighted by Gasteiger charge is 2.29. The normalized spacial score (nSPS) is 15.9. The summed E-state index contributed by atoms with van der Waals surface area (Å²) in [6, 6.07) is 9.53. The van der Waals surface area contributed by atoms with Gasteiger partial charge in [0.05, 0.1) is 0 Å². The van der Waals surface area contributed by atoms with E-state index in [0.29, 0.717) is 40.3 Å². The first-order valence-electron chi connectivity index (χ1n) is 12.0. The van der Waals surface area contributed by atoms with Crippen molar-refractivity contribution in [3.8, 4) is 0 Å². The largest absolute Gasteiger partial charge is 0.402 e. The summed E-state index contributed by atoms with van der Waals surface area (Å²) in [6.45, 7) is 12.4. The number of aliphatic imine (C=N–C) groups is 1. The van der Waals surface area contributed by atoms with Crippen LogP contribution in [-0.2, 0) is 4.79 Å². The fourth-order valence-electron chi connectivity index (χ4n) is 4.00. The Morgan fingerprint density at radius 3 is 2.43 bits per heavy atom. The molecular formula is C26H37N7OS. The molecule has 1 aromatic heterocycles. The van der Waals surface area contributed by atoms with Crippen LogP contribution in [0.25, 0.3) is 0 Å². The van der Waals surface area contributed by atoms with Gasteiger partial charge < -0.3 is 21.7 Å². The summed E-state index contributed by atoms with van der Waals surface area (Å²) in [6.07, 6.45) is 4.30. The number of allylic oxidation sites excluding steroid dienone is 1. The number of aromatic nitrogens is 2. The van der Waals surface area contributed by atoms with Gasteiger partial charge in [-0.3, -0.25) is 4.79 Å². The molecule has 1 saturated heterocycles. The molecule has 3 rings (SSSR count). The molecule has 1 aromatic carbocycles. The number of anilines is 2. The number of hydrogen-bond acceptors (Lipinski definition) is 7. The molecule has 0 bridgehead atoms. The summed E-state index contributed by atoms with van der Waals surface area (Å²) in [4.78, 5) is 28.8. The lowest BCUT2D eigenvalue weighted by molar-refractivity contribution is -0.115. The Hall–Kier alpha value is -3.07. The Labute approximate surface area is 212 Å². The van der Waals surface area contributed by atoms with Gasteiger partial charge in [-0.15, -0.1) is 0 Å². The first-order valence-corrected chi connectivity index (χ1v) is 12.8. The predicted molar refractivity (Wildman–Crippen MR) is 145 cm³/mol. The van der Waals surface area contributed by atoms with Crippen LogP contribution in [0.4, 0.5) is 17.3 Å². The maximum absolute atomic E-state index is 11.6. The number of amides is 1. The van der Waals surface area contributed by atoms with Gasteiger partial charge in [0.1, 0.15) is 11.7 Å². The SMILES string of the molecule is CCC(=O)Nc1ccc(Sc2nc(N=C(N)C=C(C)N)cc(N3CCC(C(C)(C)C)CC3)n2)cc1. The second kappa shape index (κ2) is 11.6. The summed E-state index contributed by atoms with van der Waals surface area (Å²) in [7, 11) is 0. The highest BCUT2D eigenvalue weighted by molar-refractivity contribution is 7.99. The Bertz CT molecular complexity index is 1080. The van der Waals surface area contributed by atoms with Crippen LogP contribution in [0.5, 0.6) is 0 Å². The van der Waals surface area contributed by atoms with Gasteiger partial charge in [-0.1, -0.05) is 27.7 Å². The van der Waals surface area contributed by atoms with Gasteiger partial charge in [-0.05, 0) is 73.2 Å². The third-order valence-corrected chi connectivity index (χ3v) is 6.88. The highest BCUT2D eigenvalue weighted by Crippen LogP contribution is 2.36. The van der Waals surface area contributed by atoms with E-state index in [9.17, 15) is 4.79 Å². The van der Waals surface area contributed by atoms with E-state index < -0.39 is 0 Å².